The van der Waals surface area contributed by atoms with Gasteiger partial charge in [0.05, 0.1) is 24.1 Å². The number of rotatable bonds is 3. The number of nitrogens with zero attached hydrogens (tertiary/aromatic N) is 4. The molecule has 22 heavy (non-hydrogen) atoms. The third-order valence-corrected chi connectivity index (χ3v) is 4.65. The first kappa shape index (κ1) is 16.7. The van der Waals surface area contributed by atoms with Crippen LogP contribution in [-0.4, -0.2) is 56.3 Å². The van der Waals surface area contributed by atoms with E-state index in [0.29, 0.717) is 26.2 Å². The summed E-state index contributed by atoms with van der Waals surface area (Å²) in [5, 5.41) is 8.34. The Morgan fingerprint density at radius 1 is 1.32 bits per heavy atom. The van der Waals surface area contributed by atoms with E-state index in [1.165, 1.54) is 15.4 Å². The van der Waals surface area contributed by atoms with Gasteiger partial charge in [0.15, 0.2) is 0 Å². The normalized spacial score (nSPS) is 17.5. The molecule has 0 saturated carbocycles. The molecular formula is C12H22N5O4S+. The van der Waals surface area contributed by atoms with Gasteiger partial charge in [0.25, 0.3) is 6.20 Å². The average molecular weight is 332 g/mol. The Morgan fingerprint density at radius 2 is 1.91 bits per heavy atom. The van der Waals surface area contributed by atoms with Crippen LogP contribution >= 0.6 is 0 Å². The van der Waals surface area contributed by atoms with Crippen molar-refractivity contribution in [3.63, 3.8) is 0 Å². The van der Waals surface area contributed by atoms with Gasteiger partial charge in [-0.3, -0.25) is 14.6 Å². The number of amides is 1. The van der Waals surface area contributed by atoms with E-state index in [-0.39, 0.29) is 11.8 Å². The van der Waals surface area contributed by atoms with Gasteiger partial charge in [0.2, 0.25) is 21.2 Å². The SMILES string of the molecule is CC(C)(C)C(=O)Nc1c[n+](N2CCN(S(C)(=O)=O)CC2)no1. The van der Waals surface area contributed by atoms with Crippen LogP contribution in [0.2, 0.25) is 0 Å². The second-order valence-electron chi connectivity index (χ2n) is 6.31. The minimum absolute atomic E-state index is 0.169. The van der Waals surface area contributed by atoms with Crippen molar-refractivity contribution < 1.29 is 22.5 Å². The predicted octanol–water partition coefficient (Wildman–Crippen LogP) is -0.840. The molecular weight excluding hydrogens is 310 g/mol. The standard InChI is InChI=1S/C12H21N5O4S/c1-12(2,3)11(18)13-10-9-17(14-21-10)15-5-7-16(8-6-15)22(4,19)20/h9H,5-8H2,1-4H3/p+1. The lowest BCUT2D eigenvalue weighted by atomic mass is 9.96. The maximum atomic E-state index is 11.9. The molecule has 0 atom stereocenters. The fraction of sp³-hybridized carbons (Fsp3) is 0.750. The van der Waals surface area contributed by atoms with Gasteiger partial charge in [0, 0.05) is 18.5 Å². The number of sulfonamides is 1. The van der Waals surface area contributed by atoms with Crippen LogP contribution in [0.1, 0.15) is 20.8 Å². The van der Waals surface area contributed by atoms with E-state index in [4.69, 9.17) is 4.52 Å². The molecule has 0 spiro atoms. The number of piperazine rings is 1. The average Bonchev–Trinajstić information content (AvgIpc) is 2.85. The lowest BCUT2D eigenvalue weighted by Gasteiger charge is -2.27. The zero-order valence-electron chi connectivity index (χ0n) is 13.2. The van der Waals surface area contributed by atoms with E-state index in [1.807, 2.05) is 5.01 Å². The van der Waals surface area contributed by atoms with E-state index >= 15 is 0 Å². The van der Waals surface area contributed by atoms with E-state index in [9.17, 15) is 13.2 Å². The number of nitrogens with one attached hydrogen (secondary N) is 1. The molecule has 10 heteroatoms. The summed E-state index contributed by atoms with van der Waals surface area (Å²) < 4.78 is 29.4. The summed E-state index contributed by atoms with van der Waals surface area (Å²) in [5.41, 5.74) is -0.529. The van der Waals surface area contributed by atoms with Gasteiger partial charge in [-0.2, -0.15) is 9.31 Å². The minimum Gasteiger partial charge on any atom is -0.288 e. The molecule has 0 bridgehead atoms. The second kappa shape index (κ2) is 5.84. The van der Waals surface area contributed by atoms with E-state index in [1.54, 1.807) is 27.0 Å². The summed E-state index contributed by atoms with van der Waals surface area (Å²) in [6.45, 7) is 7.18. The van der Waals surface area contributed by atoms with Crippen LogP contribution in [0.5, 0.6) is 0 Å². The maximum Gasteiger partial charge on any atom is 0.305 e. The Labute approximate surface area is 129 Å². The molecule has 1 N–H and O–H groups in total. The summed E-state index contributed by atoms with van der Waals surface area (Å²) in [4.78, 5) is 13.4. The highest BCUT2D eigenvalue weighted by Gasteiger charge is 2.30. The van der Waals surface area contributed by atoms with Gasteiger partial charge in [-0.25, -0.2) is 8.42 Å². The largest absolute Gasteiger partial charge is 0.305 e. The summed E-state index contributed by atoms with van der Waals surface area (Å²) in [6.07, 6.45) is 2.77. The van der Waals surface area contributed by atoms with Crippen LogP contribution in [0.15, 0.2) is 10.7 Å². The zero-order valence-corrected chi connectivity index (χ0v) is 14.1. The van der Waals surface area contributed by atoms with Crippen molar-refractivity contribution in [1.29, 1.82) is 0 Å². The number of carbonyl (C=O) groups is 1. The predicted molar refractivity (Wildman–Crippen MR) is 79.2 cm³/mol. The Hall–Kier alpha value is -1.68. The second-order valence-corrected chi connectivity index (χ2v) is 8.29. The van der Waals surface area contributed by atoms with Crippen LogP contribution in [0.4, 0.5) is 5.88 Å². The molecule has 1 aliphatic heterocycles. The van der Waals surface area contributed by atoms with Crippen molar-refractivity contribution >= 4 is 21.8 Å². The quantitative estimate of drug-likeness (QED) is 0.725. The molecule has 0 aromatic carbocycles. The van der Waals surface area contributed by atoms with Crippen LogP contribution in [-0.2, 0) is 14.8 Å². The molecule has 1 amide bonds. The van der Waals surface area contributed by atoms with Gasteiger partial charge >= 0.3 is 5.88 Å². The highest BCUT2D eigenvalue weighted by atomic mass is 32.2. The van der Waals surface area contributed by atoms with Gasteiger partial charge in [0.1, 0.15) is 0 Å². The van der Waals surface area contributed by atoms with Crippen LogP contribution in [0.25, 0.3) is 0 Å². The highest BCUT2D eigenvalue weighted by Crippen LogP contribution is 2.16. The maximum absolute atomic E-state index is 11.9. The van der Waals surface area contributed by atoms with Crippen molar-refractivity contribution in [3.05, 3.63) is 6.20 Å². The van der Waals surface area contributed by atoms with Crippen molar-refractivity contribution in [3.8, 4) is 0 Å². The van der Waals surface area contributed by atoms with E-state index in [2.05, 4.69) is 10.6 Å². The molecule has 1 aliphatic rings. The number of anilines is 1. The molecule has 0 unspecified atom stereocenters. The third kappa shape index (κ3) is 3.95. The fourth-order valence-electron chi connectivity index (χ4n) is 1.94. The first-order chi connectivity index (χ1) is 10.1. The Kier molecular flexibility index (Phi) is 4.43. The molecule has 0 radical (unpaired) electrons. The summed E-state index contributed by atoms with van der Waals surface area (Å²) in [7, 11) is -3.16. The minimum atomic E-state index is -3.16. The van der Waals surface area contributed by atoms with Crippen LogP contribution in [0.3, 0.4) is 0 Å². The summed E-state index contributed by atoms with van der Waals surface area (Å²) in [6, 6.07) is 0. The Morgan fingerprint density at radius 3 is 2.41 bits per heavy atom. The lowest BCUT2D eigenvalue weighted by molar-refractivity contribution is -0.759. The number of aromatic nitrogens is 2. The molecule has 124 valence electrons. The molecule has 1 saturated heterocycles. The summed E-state index contributed by atoms with van der Waals surface area (Å²) >= 11 is 0. The Bertz CT molecular complexity index is 641. The topological polar surface area (TPSA) is 99.6 Å². The highest BCUT2D eigenvalue weighted by molar-refractivity contribution is 7.88. The van der Waals surface area contributed by atoms with Gasteiger partial charge in [-0.15, -0.1) is 0 Å². The fourth-order valence-corrected chi connectivity index (χ4v) is 2.77. The lowest BCUT2D eigenvalue weighted by Crippen LogP contribution is -2.65. The third-order valence-electron chi connectivity index (χ3n) is 3.35. The van der Waals surface area contributed by atoms with Crippen molar-refractivity contribution in [2.75, 3.05) is 42.8 Å². The van der Waals surface area contributed by atoms with Gasteiger partial charge in [-0.05, 0) is 0 Å². The number of carbonyl (C=O) groups excluding carboxylic acids is 1. The first-order valence-corrected chi connectivity index (χ1v) is 8.83. The Balaban J connectivity index is 1.97. The molecule has 1 aromatic heterocycles. The zero-order chi connectivity index (χ0) is 16.5. The molecule has 2 rings (SSSR count). The van der Waals surface area contributed by atoms with E-state index < -0.39 is 15.4 Å². The molecule has 0 aliphatic carbocycles. The van der Waals surface area contributed by atoms with Gasteiger partial charge in [-0.1, -0.05) is 20.8 Å². The number of hydrogen-bond acceptors (Lipinski definition) is 6. The number of hydrogen-bond donors (Lipinski definition) is 1. The monoisotopic (exact) mass is 332 g/mol. The van der Waals surface area contributed by atoms with Crippen LogP contribution < -0.4 is 15.1 Å². The molecule has 2 heterocycles. The molecule has 1 fully saturated rings. The smallest absolute Gasteiger partial charge is 0.288 e. The molecule has 1 aromatic rings. The molecule has 9 nitrogen and oxygen atoms in total. The summed E-state index contributed by atoms with van der Waals surface area (Å²) in [5.74, 6) is 0.0863. The first-order valence-electron chi connectivity index (χ1n) is 6.98. The van der Waals surface area contributed by atoms with Crippen molar-refractivity contribution in [2.45, 2.75) is 20.8 Å². The van der Waals surface area contributed by atoms with Crippen LogP contribution in [0, 0.1) is 5.41 Å². The van der Waals surface area contributed by atoms with E-state index in [0.717, 1.165) is 0 Å². The van der Waals surface area contributed by atoms with Crippen molar-refractivity contribution in [1.82, 2.24) is 9.58 Å². The van der Waals surface area contributed by atoms with Gasteiger partial charge < -0.3 is 0 Å². The van der Waals surface area contributed by atoms with Crippen molar-refractivity contribution in [2.24, 2.45) is 5.41 Å².